The van der Waals surface area contributed by atoms with Gasteiger partial charge in [0.2, 0.25) is 0 Å². The molecule has 2 heterocycles. The van der Waals surface area contributed by atoms with Gasteiger partial charge in [-0.3, -0.25) is 4.79 Å². The van der Waals surface area contributed by atoms with Crippen LogP contribution in [0.1, 0.15) is 40.4 Å². The number of benzene rings is 1. The zero-order valence-electron chi connectivity index (χ0n) is 14.5. The molecule has 5 N–H and O–H groups in total. The maximum Gasteiger partial charge on any atom is 0.404 e. The molecule has 4 rings (SSSR count). The van der Waals surface area contributed by atoms with Gasteiger partial charge in [0.1, 0.15) is 5.82 Å². The lowest BCUT2D eigenvalue weighted by Gasteiger charge is -2.27. The van der Waals surface area contributed by atoms with Crippen LogP contribution in [0.4, 0.5) is 16.3 Å². The van der Waals surface area contributed by atoms with Crippen LogP contribution < -0.4 is 16.4 Å². The van der Waals surface area contributed by atoms with Gasteiger partial charge in [0, 0.05) is 18.2 Å². The molecule has 0 bridgehead atoms. The minimum absolute atomic E-state index is 0.127. The first kappa shape index (κ1) is 17.7. The molecular formula is C18H20ClN5O3. The standard InChI is InChI=1S/C18H20ClN5O3/c19-13-3-1-2-10-11(6-7-21-15(10)13)17(25)24-14-5-4-9(22-18(26)27)8-12(14)16(20)23-24/h1-3,9,11,21-22H,4-8H2,(H2,20,23)(H,26,27)/t9-,11?/m0/s1. The van der Waals surface area contributed by atoms with E-state index in [0.29, 0.717) is 37.3 Å². The van der Waals surface area contributed by atoms with Crippen molar-refractivity contribution in [1.82, 2.24) is 15.1 Å². The van der Waals surface area contributed by atoms with Crippen molar-refractivity contribution in [2.45, 2.75) is 37.6 Å². The number of anilines is 2. The van der Waals surface area contributed by atoms with E-state index in [1.165, 1.54) is 4.68 Å². The third kappa shape index (κ3) is 3.10. The number of nitrogen functional groups attached to an aromatic ring is 1. The van der Waals surface area contributed by atoms with Gasteiger partial charge in [0.15, 0.2) is 0 Å². The number of fused-ring (bicyclic) bond motifs is 2. The van der Waals surface area contributed by atoms with Gasteiger partial charge in [-0.15, -0.1) is 5.10 Å². The highest BCUT2D eigenvalue weighted by Gasteiger charge is 2.33. The first-order valence-corrected chi connectivity index (χ1v) is 9.25. The van der Waals surface area contributed by atoms with E-state index in [9.17, 15) is 9.59 Å². The zero-order chi connectivity index (χ0) is 19.1. The minimum Gasteiger partial charge on any atom is -0.465 e. The molecule has 0 radical (unpaired) electrons. The Morgan fingerprint density at radius 3 is 2.96 bits per heavy atom. The normalized spacial score (nSPS) is 20.9. The van der Waals surface area contributed by atoms with Gasteiger partial charge in [0.05, 0.1) is 22.3 Å². The predicted octanol–water partition coefficient (Wildman–Crippen LogP) is 2.48. The number of nitrogens with one attached hydrogen (secondary N) is 2. The molecule has 1 aliphatic heterocycles. The molecule has 27 heavy (non-hydrogen) atoms. The van der Waals surface area contributed by atoms with Crippen LogP contribution in [0.5, 0.6) is 0 Å². The van der Waals surface area contributed by atoms with Crippen LogP contribution in [0.3, 0.4) is 0 Å². The van der Waals surface area contributed by atoms with Crippen LogP contribution in [0.15, 0.2) is 18.2 Å². The SMILES string of the molecule is Nc1nn(C(=O)C2CCNc3c(Cl)cccc32)c2c1C[C@@H](NC(=O)O)CC2. The molecule has 9 heteroatoms. The Balaban J connectivity index is 1.66. The number of carbonyl (C=O) groups excluding carboxylic acids is 1. The summed E-state index contributed by atoms with van der Waals surface area (Å²) in [5.41, 5.74) is 9.25. The van der Waals surface area contributed by atoms with Gasteiger partial charge in [-0.25, -0.2) is 9.48 Å². The van der Waals surface area contributed by atoms with Crippen LogP contribution in [-0.2, 0) is 12.8 Å². The van der Waals surface area contributed by atoms with E-state index in [4.69, 9.17) is 22.4 Å². The second kappa shape index (κ2) is 6.77. The molecule has 0 saturated heterocycles. The molecule has 0 saturated carbocycles. The Kier molecular flexibility index (Phi) is 4.43. The molecule has 1 aliphatic carbocycles. The number of hydrogen-bond donors (Lipinski definition) is 4. The molecule has 1 aromatic carbocycles. The topological polar surface area (TPSA) is 122 Å². The summed E-state index contributed by atoms with van der Waals surface area (Å²) in [5.74, 6) is -0.189. The Morgan fingerprint density at radius 2 is 2.19 bits per heavy atom. The number of aromatic nitrogens is 2. The number of amides is 1. The zero-order valence-corrected chi connectivity index (χ0v) is 15.3. The summed E-state index contributed by atoms with van der Waals surface area (Å²) < 4.78 is 1.42. The van der Waals surface area contributed by atoms with Crippen molar-refractivity contribution in [2.24, 2.45) is 0 Å². The summed E-state index contributed by atoms with van der Waals surface area (Å²) in [4.78, 5) is 24.2. The lowest BCUT2D eigenvalue weighted by Crippen LogP contribution is -2.38. The highest BCUT2D eigenvalue weighted by atomic mass is 35.5. The van der Waals surface area contributed by atoms with Crippen LogP contribution in [0.25, 0.3) is 0 Å². The van der Waals surface area contributed by atoms with Crippen molar-refractivity contribution in [3.63, 3.8) is 0 Å². The fourth-order valence-electron chi connectivity index (χ4n) is 4.04. The fraction of sp³-hybridized carbons (Fsp3) is 0.389. The van der Waals surface area contributed by atoms with E-state index >= 15 is 0 Å². The van der Waals surface area contributed by atoms with E-state index in [1.807, 2.05) is 12.1 Å². The molecule has 142 valence electrons. The van der Waals surface area contributed by atoms with Crippen molar-refractivity contribution in [1.29, 1.82) is 0 Å². The molecule has 0 fully saturated rings. The van der Waals surface area contributed by atoms with Crippen LogP contribution in [-0.4, -0.2) is 39.5 Å². The Morgan fingerprint density at radius 1 is 1.37 bits per heavy atom. The maximum absolute atomic E-state index is 13.3. The number of nitrogens with zero attached hydrogens (tertiary/aromatic N) is 2. The molecule has 1 unspecified atom stereocenters. The van der Waals surface area contributed by atoms with Crippen LogP contribution >= 0.6 is 11.6 Å². The molecule has 1 amide bonds. The Hall–Kier alpha value is -2.74. The van der Waals surface area contributed by atoms with E-state index < -0.39 is 6.09 Å². The Labute approximate surface area is 160 Å². The fourth-order valence-corrected chi connectivity index (χ4v) is 4.29. The smallest absolute Gasteiger partial charge is 0.404 e. The predicted molar refractivity (Wildman–Crippen MR) is 102 cm³/mol. The van der Waals surface area contributed by atoms with E-state index in [0.717, 1.165) is 22.5 Å². The molecule has 2 aliphatic rings. The number of nitrogens with two attached hydrogens (primary N) is 1. The average Bonchev–Trinajstić information content (AvgIpc) is 2.97. The third-order valence-corrected chi connectivity index (χ3v) is 5.61. The summed E-state index contributed by atoms with van der Waals surface area (Å²) >= 11 is 6.26. The first-order valence-electron chi connectivity index (χ1n) is 8.88. The monoisotopic (exact) mass is 389 g/mol. The van der Waals surface area contributed by atoms with Crippen molar-refractivity contribution >= 4 is 35.1 Å². The number of hydrogen-bond acceptors (Lipinski definition) is 5. The summed E-state index contributed by atoms with van der Waals surface area (Å²) in [6.45, 7) is 0.649. The molecule has 2 atom stereocenters. The van der Waals surface area contributed by atoms with E-state index in [-0.39, 0.29) is 23.7 Å². The quantitative estimate of drug-likeness (QED) is 0.625. The van der Waals surface area contributed by atoms with Crippen LogP contribution in [0.2, 0.25) is 5.02 Å². The average molecular weight is 390 g/mol. The van der Waals surface area contributed by atoms with Gasteiger partial charge in [-0.05, 0) is 37.3 Å². The van der Waals surface area contributed by atoms with Crippen molar-refractivity contribution < 1.29 is 14.7 Å². The molecule has 2 aromatic rings. The second-order valence-corrected chi connectivity index (χ2v) is 7.33. The molecule has 1 aromatic heterocycles. The molecular weight excluding hydrogens is 370 g/mol. The Bertz CT molecular complexity index is 926. The van der Waals surface area contributed by atoms with Gasteiger partial charge in [0.25, 0.3) is 5.91 Å². The second-order valence-electron chi connectivity index (χ2n) is 6.92. The van der Waals surface area contributed by atoms with Gasteiger partial charge >= 0.3 is 6.09 Å². The largest absolute Gasteiger partial charge is 0.465 e. The van der Waals surface area contributed by atoms with E-state index in [1.54, 1.807) is 6.07 Å². The lowest BCUT2D eigenvalue weighted by atomic mass is 9.89. The van der Waals surface area contributed by atoms with Crippen molar-refractivity contribution in [2.75, 3.05) is 17.6 Å². The third-order valence-electron chi connectivity index (χ3n) is 5.29. The van der Waals surface area contributed by atoms with Gasteiger partial charge < -0.3 is 21.5 Å². The highest BCUT2D eigenvalue weighted by Crippen LogP contribution is 2.38. The van der Waals surface area contributed by atoms with Crippen molar-refractivity contribution in [3.8, 4) is 0 Å². The summed E-state index contributed by atoms with van der Waals surface area (Å²) in [5, 5.41) is 19.6. The number of carbonyl (C=O) groups is 2. The van der Waals surface area contributed by atoms with E-state index in [2.05, 4.69) is 15.7 Å². The van der Waals surface area contributed by atoms with Crippen molar-refractivity contribution in [3.05, 3.63) is 40.0 Å². The summed E-state index contributed by atoms with van der Waals surface area (Å²) in [6, 6.07) is 5.32. The van der Waals surface area contributed by atoms with Crippen LogP contribution in [0, 0.1) is 0 Å². The van der Waals surface area contributed by atoms with Gasteiger partial charge in [-0.2, -0.15) is 0 Å². The number of para-hydroxylation sites is 1. The summed E-state index contributed by atoms with van der Waals surface area (Å²) in [6.07, 6.45) is 1.17. The molecule has 0 spiro atoms. The first-order chi connectivity index (χ1) is 13.0. The summed E-state index contributed by atoms with van der Waals surface area (Å²) in [7, 11) is 0. The highest BCUT2D eigenvalue weighted by molar-refractivity contribution is 6.33. The van der Waals surface area contributed by atoms with Gasteiger partial charge in [-0.1, -0.05) is 23.7 Å². The maximum atomic E-state index is 13.3. The molecule has 8 nitrogen and oxygen atoms in total. The lowest BCUT2D eigenvalue weighted by molar-refractivity contribution is 0.0851. The minimum atomic E-state index is -1.06. The number of carboxylic acid groups (broad SMARTS) is 1. The number of halogens is 1. The number of rotatable bonds is 2.